The largest absolute Gasteiger partial charge is 0.507 e. The third kappa shape index (κ3) is 5.22. The highest BCUT2D eigenvalue weighted by Gasteiger charge is 2.32. The molecule has 1 aliphatic rings. The van der Waals surface area contributed by atoms with Crippen LogP contribution >= 0.6 is 11.6 Å². The van der Waals surface area contributed by atoms with Crippen LogP contribution in [0.2, 0.25) is 5.02 Å². The zero-order valence-corrected chi connectivity index (χ0v) is 17.7. The number of halogens is 1. The number of likely N-dealkylation sites (tertiary alicyclic amines) is 1. The van der Waals surface area contributed by atoms with Gasteiger partial charge in [0.25, 0.3) is 5.91 Å². The summed E-state index contributed by atoms with van der Waals surface area (Å²) in [4.78, 5) is 14.9. The predicted molar refractivity (Wildman–Crippen MR) is 115 cm³/mol. The number of rotatable bonds is 7. The Bertz CT molecular complexity index is 869. The minimum absolute atomic E-state index is 0.0370. The lowest BCUT2D eigenvalue weighted by Gasteiger charge is -2.26. The summed E-state index contributed by atoms with van der Waals surface area (Å²) in [6.45, 7) is 6.84. The molecule has 3 N–H and O–H groups in total. The molecule has 0 radical (unpaired) electrons. The van der Waals surface area contributed by atoms with E-state index >= 15 is 0 Å². The normalized spacial score (nSPS) is 16.6. The molecule has 1 saturated heterocycles. The Morgan fingerprint density at radius 2 is 2.03 bits per heavy atom. The van der Waals surface area contributed by atoms with Gasteiger partial charge in [0.2, 0.25) is 0 Å². The quantitative estimate of drug-likeness (QED) is 0.563. The monoisotopic (exact) mass is 416 g/mol. The summed E-state index contributed by atoms with van der Waals surface area (Å²) < 4.78 is 0. The van der Waals surface area contributed by atoms with E-state index in [1.807, 2.05) is 6.07 Å². The number of phenolic OH excluding ortho intramolecular Hbond substituents is 2. The van der Waals surface area contributed by atoms with Crippen molar-refractivity contribution in [1.82, 2.24) is 10.2 Å². The molecule has 3 rings (SSSR count). The number of hydrogen-bond donors (Lipinski definition) is 3. The van der Waals surface area contributed by atoms with Gasteiger partial charge in [-0.25, -0.2) is 0 Å². The fourth-order valence-corrected chi connectivity index (χ4v) is 3.93. The number of aromatic hydroxyl groups is 2. The van der Waals surface area contributed by atoms with Gasteiger partial charge in [0.1, 0.15) is 11.5 Å². The third-order valence-corrected chi connectivity index (χ3v) is 5.68. The first kappa shape index (κ1) is 21.5. The molecule has 0 aromatic heterocycles. The fraction of sp³-hybridized carbons (Fsp3) is 0.435. The molecule has 2 aromatic rings. The van der Waals surface area contributed by atoms with E-state index in [0.717, 1.165) is 44.0 Å². The second-order valence-electron chi connectivity index (χ2n) is 8.08. The van der Waals surface area contributed by atoms with Crippen LogP contribution in [0, 0.1) is 5.92 Å². The van der Waals surface area contributed by atoms with Gasteiger partial charge in [0, 0.05) is 19.2 Å². The number of nitrogens with zero attached hydrogens (tertiary/aromatic N) is 1. The number of carbonyl (C=O) groups is 1. The molecular weight excluding hydrogens is 388 g/mol. The predicted octanol–water partition coefficient (Wildman–Crippen LogP) is 4.86. The molecule has 6 heteroatoms. The van der Waals surface area contributed by atoms with Gasteiger partial charge in [-0.3, -0.25) is 4.79 Å². The van der Waals surface area contributed by atoms with E-state index in [2.05, 4.69) is 37.4 Å². The first-order valence-electron chi connectivity index (χ1n) is 10.2. The van der Waals surface area contributed by atoms with Gasteiger partial charge in [-0.2, -0.15) is 0 Å². The number of benzene rings is 2. The van der Waals surface area contributed by atoms with Crippen LogP contribution in [0.5, 0.6) is 11.5 Å². The van der Waals surface area contributed by atoms with Gasteiger partial charge in [-0.05, 0) is 48.9 Å². The highest BCUT2D eigenvalue weighted by molar-refractivity contribution is 6.32. The van der Waals surface area contributed by atoms with Gasteiger partial charge in [0.05, 0.1) is 16.6 Å². The van der Waals surface area contributed by atoms with Crippen molar-refractivity contribution in [2.45, 2.75) is 45.7 Å². The Balaban J connectivity index is 1.74. The average molecular weight is 417 g/mol. The van der Waals surface area contributed by atoms with Gasteiger partial charge in [-0.15, -0.1) is 0 Å². The van der Waals surface area contributed by atoms with Crippen molar-refractivity contribution >= 4 is 17.5 Å². The Labute approximate surface area is 177 Å². The maximum Gasteiger partial charge on any atom is 0.258 e. The second-order valence-corrected chi connectivity index (χ2v) is 8.49. The standard InChI is InChI=1S/C23H29ClN2O3/c1-15(2)8-9-25-14-16-5-3-6-17(11-16)20-7-4-10-26(20)23(29)18-12-19(24)22(28)13-21(18)27/h3,5-6,11-13,15,20,25,27-28H,4,7-10,14H2,1-2H3. The molecule has 0 bridgehead atoms. The SMILES string of the molecule is CC(C)CCNCc1cccc(C2CCCN2C(=O)c2cc(Cl)c(O)cc2O)c1. The van der Waals surface area contributed by atoms with Crippen molar-refractivity contribution in [2.24, 2.45) is 5.92 Å². The molecular formula is C23H29ClN2O3. The third-order valence-electron chi connectivity index (χ3n) is 5.37. The summed E-state index contributed by atoms with van der Waals surface area (Å²) >= 11 is 5.95. The summed E-state index contributed by atoms with van der Waals surface area (Å²) in [6.07, 6.45) is 2.92. The lowest BCUT2D eigenvalue weighted by atomic mass is 10.0. The Morgan fingerprint density at radius 1 is 1.24 bits per heavy atom. The average Bonchev–Trinajstić information content (AvgIpc) is 3.17. The van der Waals surface area contributed by atoms with E-state index < -0.39 is 0 Å². The number of amides is 1. The van der Waals surface area contributed by atoms with Crippen LogP contribution in [-0.2, 0) is 6.54 Å². The van der Waals surface area contributed by atoms with Crippen molar-refractivity contribution in [3.05, 3.63) is 58.1 Å². The molecule has 29 heavy (non-hydrogen) atoms. The maximum atomic E-state index is 13.1. The van der Waals surface area contributed by atoms with Crippen LogP contribution in [0.15, 0.2) is 36.4 Å². The molecule has 2 aromatic carbocycles. The minimum atomic E-state index is -0.271. The Morgan fingerprint density at radius 3 is 2.79 bits per heavy atom. The molecule has 1 heterocycles. The van der Waals surface area contributed by atoms with Gasteiger partial charge < -0.3 is 20.4 Å². The molecule has 156 valence electrons. The number of carbonyl (C=O) groups excluding carboxylic acids is 1. The van der Waals surface area contributed by atoms with Gasteiger partial charge in [0.15, 0.2) is 0 Å². The van der Waals surface area contributed by atoms with Crippen LogP contribution in [0.3, 0.4) is 0 Å². The summed E-state index contributed by atoms with van der Waals surface area (Å²) in [5.41, 5.74) is 2.41. The molecule has 0 spiro atoms. The number of nitrogens with one attached hydrogen (secondary N) is 1. The molecule has 1 atom stereocenters. The number of phenols is 2. The molecule has 1 aliphatic heterocycles. The first-order valence-corrected chi connectivity index (χ1v) is 10.6. The smallest absolute Gasteiger partial charge is 0.258 e. The van der Waals surface area contributed by atoms with E-state index in [4.69, 9.17) is 11.6 Å². The maximum absolute atomic E-state index is 13.1. The summed E-state index contributed by atoms with van der Waals surface area (Å²) in [5.74, 6) is -0.0916. The van der Waals surface area contributed by atoms with E-state index in [9.17, 15) is 15.0 Å². The van der Waals surface area contributed by atoms with E-state index in [1.165, 1.54) is 11.6 Å². The van der Waals surface area contributed by atoms with Crippen LogP contribution < -0.4 is 5.32 Å². The molecule has 0 aliphatic carbocycles. The molecule has 1 fully saturated rings. The Kier molecular flexibility index (Phi) is 7.04. The zero-order valence-electron chi connectivity index (χ0n) is 17.0. The molecule has 1 amide bonds. The van der Waals surface area contributed by atoms with E-state index in [0.29, 0.717) is 12.5 Å². The van der Waals surface area contributed by atoms with E-state index in [1.54, 1.807) is 4.90 Å². The highest BCUT2D eigenvalue weighted by Crippen LogP contribution is 2.37. The van der Waals surface area contributed by atoms with Crippen molar-refractivity contribution in [3.8, 4) is 11.5 Å². The first-order chi connectivity index (χ1) is 13.9. The molecule has 1 unspecified atom stereocenters. The van der Waals surface area contributed by atoms with Crippen molar-refractivity contribution in [3.63, 3.8) is 0 Å². The van der Waals surface area contributed by atoms with Crippen LogP contribution in [0.4, 0.5) is 0 Å². The van der Waals surface area contributed by atoms with Crippen molar-refractivity contribution < 1.29 is 15.0 Å². The lowest BCUT2D eigenvalue weighted by molar-refractivity contribution is 0.0732. The fourth-order valence-electron chi connectivity index (χ4n) is 3.77. The molecule has 0 saturated carbocycles. The lowest BCUT2D eigenvalue weighted by Crippen LogP contribution is -2.30. The van der Waals surface area contributed by atoms with Crippen LogP contribution in [0.1, 0.15) is 60.6 Å². The van der Waals surface area contributed by atoms with Crippen LogP contribution in [-0.4, -0.2) is 34.1 Å². The number of hydrogen-bond acceptors (Lipinski definition) is 4. The summed E-state index contributed by atoms with van der Waals surface area (Å²) in [7, 11) is 0. The second kappa shape index (κ2) is 9.51. The topological polar surface area (TPSA) is 72.8 Å². The van der Waals surface area contributed by atoms with Crippen LogP contribution in [0.25, 0.3) is 0 Å². The van der Waals surface area contributed by atoms with E-state index in [-0.39, 0.29) is 34.0 Å². The van der Waals surface area contributed by atoms with Gasteiger partial charge >= 0.3 is 0 Å². The zero-order chi connectivity index (χ0) is 21.0. The van der Waals surface area contributed by atoms with Gasteiger partial charge in [-0.1, -0.05) is 49.7 Å². The highest BCUT2D eigenvalue weighted by atomic mass is 35.5. The van der Waals surface area contributed by atoms with Crippen molar-refractivity contribution in [1.29, 1.82) is 0 Å². The Hall–Kier alpha value is -2.24. The summed E-state index contributed by atoms with van der Waals surface area (Å²) in [6, 6.07) is 10.7. The molecule has 5 nitrogen and oxygen atoms in total. The summed E-state index contributed by atoms with van der Waals surface area (Å²) in [5, 5.41) is 23.3. The minimum Gasteiger partial charge on any atom is -0.507 e. The van der Waals surface area contributed by atoms with Crippen molar-refractivity contribution in [2.75, 3.05) is 13.1 Å².